The predicted octanol–water partition coefficient (Wildman–Crippen LogP) is 0.0284. The van der Waals surface area contributed by atoms with Gasteiger partial charge in [-0.15, -0.1) is 0 Å². The molecule has 1 heterocycles. The van der Waals surface area contributed by atoms with Crippen LogP contribution in [0.5, 0.6) is 0 Å². The van der Waals surface area contributed by atoms with E-state index in [0.29, 0.717) is 12.3 Å². The number of hydrogen-bond donors (Lipinski definition) is 1. The van der Waals surface area contributed by atoms with Gasteiger partial charge >= 0.3 is 5.97 Å². The van der Waals surface area contributed by atoms with Gasteiger partial charge in [0.2, 0.25) is 0 Å². The molecule has 0 spiro atoms. The first-order chi connectivity index (χ1) is 5.72. The van der Waals surface area contributed by atoms with E-state index in [0.717, 1.165) is 0 Å². The highest BCUT2D eigenvalue weighted by molar-refractivity contribution is 5.69. The molecule has 0 aliphatic rings. The minimum absolute atomic E-state index is 0.116. The van der Waals surface area contributed by atoms with Crippen LogP contribution in [-0.4, -0.2) is 22.4 Å². The van der Waals surface area contributed by atoms with Crippen LogP contribution in [0.3, 0.4) is 0 Å². The van der Waals surface area contributed by atoms with Crippen molar-refractivity contribution < 1.29 is 9.53 Å². The number of hydrogen-bond acceptors (Lipinski definition) is 4. The number of nitrogen functional groups attached to an aromatic ring is 1. The normalized spacial score (nSPS) is 9.75. The van der Waals surface area contributed by atoms with E-state index in [4.69, 9.17) is 10.5 Å². The number of carbonyl (C=O) groups excluding carboxylic acids is 1. The Balaban J connectivity index is 2.46. The van der Waals surface area contributed by atoms with Crippen molar-refractivity contribution in [3.8, 4) is 0 Å². The number of anilines is 1. The van der Waals surface area contributed by atoms with Crippen LogP contribution in [0, 0.1) is 0 Å². The van der Waals surface area contributed by atoms with Gasteiger partial charge in [-0.2, -0.15) is 5.10 Å². The van der Waals surface area contributed by atoms with Gasteiger partial charge in [-0.25, -0.2) is 0 Å². The molecular formula is C7H11N3O2. The molecule has 2 N–H and O–H groups in total. The summed E-state index contributed by atoms with van der Waals surface area (Å²) in [5.41, 5.74) is 5.93. The maximum Gasteiger partial charge on any atom is 0.327 e. The predicted molar refractivity (Wildman–Crippen MR) is 43.3 cm³/mol. The number of ether oxygens (including phenoxy) is 1. The maximum atomic E-state index is 10.9. The molecular weight excluding hydrogens is 158 g/mol. The van der Waals surface area contributed by atoms with Crippen molar-refractivity contribution in [3.05, 3.63) is 12.4 Å². The summed E-state index contributed by atoms with van der Waals surface area (Å²) in [5.74, 6) is -0.305. The summed E-state index contributed by atoms with van der Waals surface area (Å²) >= 11 is 0. The number of nitrogens with two attached hydrogens (primary N) is 1. The molecule has 0 unspecified atom stereocenters. The molecule has 0 fully saturated rings. The molecule has 1 aromatic heterocycles. The van der Waals surface area contributed by atoms with Crippen molar-refractivity contribution in [3.63, 3.8) is 0 Å². The van der Waals surface area contributed by atoms with Crippen LogP contribution in [-0.2, 0) is 16.1 Å². The topological polar surface area (TPSA) is 70.1 Å². The van der Waals surface area contributed by atoms with Gasteiger partial charge < -0.3 is 10.5 Å². The van der Waals surface area contributed by atoms with E-state index in [1.807, 2.05) is 0 Å². The maximum absolute atomic E-state index is 10.9. The molecule has 0 aromatic carbocycles. The highest BCUT2D eigenvalue weighted by atomic mass is 16.5. The molecule has 1 aromatic rings. The van der Waals surface area contributed by atoms with Crippen LogP contribution in [0.2, 0.25) is 0 Å². The molecule has 0 atom stereocenters. The van der Waals surface area contributed by atoms with E-state index in [2.05, 4.69) is 5.10 Å². The molecule has 1 rings (SSSR count). The third-order valence-electron chi connectivity index (χ3n) is 1.25. The molecule has 0 bridgehead atoms. The average Bonchev–Trinajstić information content (AvgIpc) is 2.36. The first-order valence-electron chi connectivity index (χ1n) is 3.66. The molecule has 0 saturated carbocycles. The Morgan fingerprint density at radius 3 is 3.08 bits per heavy atom. The third kappa shape index (κ3) is 2.26. The van der Waals surface area contributed by atoms with Gasteiger partial charge in [-0.3, -0.25) is 9.48 Å². The van der Waals surface area contributed by atoms with E-state index in [-0.39, 0.29) is 12.5 Å². The molecule has 0 amide bonds. The smallest absolute Gasteiger partial charge is 0.327 e. The lowest BCUT2D eigenvalue weighted by Crippen LogP contribution is -2.13. The number of esters is 1. The fourth-order valence-electron chi connectivity index (χ4n) is 0.805. The minimum atomic E-state index is -0.305. The lowest BCUT2D eigenvalue weighted by atomic mass is 10.6. The fraction of sp³-hybridized carbons (Fsp3) is 0.429. The molecule has 5 heteroatoms. The molecule has 0 aliphatic heterocycles. The summed E-state index contributed by atoms with van der Waals surface area (Å²) < 4.78 is 6.15. The van der Waals surface area contributed by atoms with Crippen molar-refractivity contribution in [2.24, 2.45) is 0 Å². The fourth-order valence-corrected chi connectivity index (χ4v) is 0.805. The summed E-state index contributed by atoms with van der Waals surface area (Å²) in [6.45, 7) is 2.26. The zero-order valence-corrected chi connectivity index (χ0v) is 6.86. The van der Waals surface area contributed by atoms with Gasteiger partial charge in [0.05, 0.1) is 18.5 Å². The first-order valence-corrected chi connectivity index (χ1v) is 3.66. The Kier molecular flexibility index (Phi) is 2.68. The number of rotatable bonds is 3. The van der Waals surface area contributed by atoms with E-state index >= 15 is 0 Å². The standard InChI is InChI=1S/C7H11N3O2/c1-2-12-7(11)5-10-4-6(8)3-9-10/h3-4H,2,5,8H2,1H3. The molecule has 0 saturated heterocycles. The number of aromatic nitrogens is 2. The van der Waals surface area contributed by atoms with Crippen molar-refractivity contribution in [1.29, 1.82) is 0 Å². The van der Waals surface area contributed by atoms with Gasteiger partial charge in [0.15, 0.2) is 0 Å². The Morgan fingerprint density at radius 1 is 1.83 bits per heavy atom. The monoisotopic (exact) mass is 169 g/mol. The summed E-state index contributed by atoms with van der Waals surface area (Å²) in [6.07, 6.45) is 3.07. The second kappa shape index (κ2) is 3.75. The Bertz CT molecular complexity index is 269. The molecule has 0 aliphatic carbocycles. The Morgan fingerprint density at radius 2 is 2.58 bits per heavy atom. The van der Waals surface area contributed by atoms with Crippen molar-refractivity contribution in [1.82, 2.24) is 9.78 Å². The molecule has 66 valence electrons. The second-order valence-electron chi connectivity index (χ2n) is 2.28. The van der Waals surface area contributed by atoms with Crippen molar-refractivity contribution in [2.45, 2.75) is 13.5 Å². The largest absolute Gasteiger partial charge is 0.465 e. The summed E-state index contributed by atoms with van der Waals surface area (Å²) in [5, 5.41) is 3.83. The molecule has 0 radical (unpaired) electrons. The highest BCUT2D eigenvalue weighted by Gasteiger charge is 2.02. The average molecular weight is 169 g/mol. The number of carbonyl (C=O) groups is 1. The van der Waals surface area contributed by atoms with Gasteiger partial charge in [0.25, 0.3) is 0 Å². The van der Waals surface area contributed by atoms with Crippen LogP contribution >= 0.6 is 0 Å². The molecule has 12 heavy (non-hydrogen) atoms. The SMILES string of the molecule is CCOC(=O)Cn1cc(N)cn1. The lowest BCUT2D eigenvalue weighted by molar-refractivity contribution is -0.144. The van der Waals surface area contributed by atoms with Crippen LogP contribution in [0.4, 0.5) is 5.69 Å². The highest BCUT2D eigenvalue weighted by Crippen LogP contribution is 1.97. The Labute approximate surface area is 70.1 Å². The summed E-state index contributed by atoms with van der Waals surface area (Å²) in [7, 11) is 0. The minimum Gasteiger partial charge on any atom is -0.465 e. The van der Waals surface area contributed by atoms with E-state index in [1.165, 1.54) is 10.9 Å². The van der Waals surface area contributed by atoms with Crippen LogP contribution in [0.1, 0.15) is 6.92 Å². The third-order valence-corrected chi connectivity index (χ3v) is 1.25. The first kappa shape index (κ1) is 8.58. The van der Waals surface area contributed by atoms with Crippen LogP contribution < -0.4 is 5.73 Å². The second-order valence-corrected chi connectivity index (χ2v) is 2.28. The van der Waals surface area contributed by atoms with E-state index < -0.39 is 0 Å². The lowest BCUT2D eigenvalue weighted by Gasteiger charge is -2.00. The van der Waals surface area contributed by atoms with E-state index in [9.17, 15) is 4.79 Å². The van der Waals surface area contributed by atoms with Crippen LogP contribution in [0.25, 0.3) is 0 Å². The summed E-state index contributed by atoms with van der Waals surface area (Å²) in [6, 6.07) is 0. The summed E-state index contributed by atoms with van der Waals surface area (Å²) in [4.78, 5) is 10.9. The Hall–Kier alpha value is -1.52. The zero-order chi connectivity index (χ0) is 8.97. The van der Waals surface area contributed by atoms with Gasteiger partial charge in [-0.1, -0.05) is 0 Å². The van der Waals surface area contributed by atoms with Crippen LogP contribution in [0.15, 0.2) is 12.4 Å². The van der Waals surface area contributed by atoms with E-state index in [1.54, 1.807) is 13.1 Å². The van der Waals surface area contributed by atoms with Gasteiger partial charge in [0.1, 0.15) is 6.54 Å². The number of nitrogens with zero attached hydrogens (tertiary/aromatic N) is 2. The van der Waals surface area contributed by atoms with Gasteiger partial charge in [0, 0.05) is 6.20 Å². The quantitative estimate of drug-likeness (QED) is 0.648. The van der Waals surface area contributed by atoms with Gasteiger partial charge in [-0.05, 0) is 6.92 Å². The zero-order valence-electron chi connectivity index (χ0n) is 6.86. The molecule has 5 nitrogen and oxygen atoms in total. The van der Waals surface area contributed by atoms with Crippen molar-refractivity contribution >= 4 is 11.7 Å². The van der Waals surface area contributed by atoms with Crippen molar-refractivity contribution in [2.75, 3.05) is 12.3 Å².